The van der Waals surface area contributed by atoms with Crippen molar-refractivity contribution < 1.29 is 4.79 Å². The zero-order valence-electron chi connectivity index (χ0n) is 11.7. The molecule has 0 heterocycles. The van der Waals surface area contributed by atoms with Gasteiger partial charge in [-0.25, -0.2) is 0 Å². The van der Waals surface area contributed by atoms with Crippen LogP contribution in [0.1, 0.15) is 58.3 Å². The van der Waals surface area contributed by atoms with E-state index in [0.717, 1.165) is 12.8 Å². The molecular weight excluding hydrogens is 224 g/mol. The van der Waals surface area contributed by atoms with E-state index in [1.165, 1.54) is 38.5 Å². The maximum atomic E-state index is 12.4. The number of nitrogens with two attached hydrogens (primary N) is 1. The van der Waals surface area contributed by atoms with Crippen LogP contribution in [0.2, 0.25) is 0 Å². The molecule has 0 saturated heterocycles. The zero-order valence-corrected chi connectivity index (χ0v) is 11.7. The Hall–Kier alpha value is -0.570. The van der Waals surface area contributed by atoms with Crippen LogP contribution < -0.4 is 11.1 Å². The number of rotatable bonds is 4. The summed E-state index contributed by atoms with van der Waals surface area (Å²) < 4.78 is 0. The molecule has 2 fully saturated rings. The average molecular weight is 252 g/mol. The van der Waals surface area contributed by atoms with Crippen LogP contribution in [-0.4, -0.2) is 18.5 Å². The highest BCUT2D eigenvalue weighted by molar-refractivity contribution is 5.79. The van der Waals surface area contributed by atoms with Crippen LogP contribution in [0.4, 0.5) is 0 Å². The Balaban J connectivity index is 1.85. The van der Waals surface area contributed by atoms with Gasteiger partial charge in [-0.15, -0.1) is 0 Å². The van der Waals surface area contributed by atoms with Crippen molar-refractivity contribution in [2.24, 2.45) is 23.5 Å². The van der Waals surface area contributed by atoms with E-state index in [9.17, 15) is 4.79 Å². The summed E-state index contributed by atoms with van der Waals surface area (Å²) in [5.41, 5.74) is 5.80. The van der Waals surface area contributed by atoms with Gasteiger partial charge in [0.1, 0.15) is 0 Å². The normalized spacial score (nSPS) is 31.2. The van der Waals surface area contributed by atoms with Gasteiger partial charge in [0, 0.05) is 12.0 Å². The fraction of sp³-hybridized carbons (Fsp3) is 0.933. The number of nitrogens with one attached hydrogen (secondary N) is 1. The van der Waals surface area contributed by atoms with Gasteiger partial charge in [0.2, 0.25) is 5.91 Å². The zero-order chi connectivity index (χ0) is 13.0. The standard InChI is InChI=1S/C15H28N2O/c1-11(12-6-2-3-7-12)17-15(18)14-9-5-4-8-13(14)10-16/h11-14H,2-10,16H2,1H3,(H,17,18)/t11-,13?,14?/m1/s1. The lowest BCUT2D eigenvalue weighted by molar-refractivity contribution is -0.128. The third-order valence-electron chi connectivity index (χ3n) is 5.03. The number of hydrogen-bond donors (Lipinski definition) is 2. The second-order valence-electron chi connectivity index (χ2n) is 6.23. The summed E-state index contributed by atoms with van der Waals surface area (Å²) in [6.45, 7) is 2.84. The van der Waals surface area contributed by atoms with Gasteiger partial charge in [-0.3, -0.25) is 4.79 Å². The lowest BCUT2D eigenvalue weighted by Crippen LogP contribution is -2.44. The van der Waals surface area contributed by atoms with E-state index in [2.05, 4.69) is 12.2 Å². The summed E-state index contributed by atoms with van der Waals surface area (Å²) in [6, 6.07) is 0.348. The average Bonchev–Trinajstić information content (AvgIpc) is 2.92. The molecule has 2 rings (SSSR count). The van der Waals surface area contributed by atoms with Crippen LogP contribution in [0.25, 0.3) is 0 Å². The molecule has 2 aliphatic rings. The smallest absolute Gasteiger partial charge is 0.223 e. The van der Waals surface area contributed by atoms with Gasteiger partial charge >= 0.3 is 0 Å². The first kappa shape index (κ1) is 13.9. The van der Waals surface area contributed by atoms with Crippen molar-refractivity contribution >= 4 is 5.91 Å². The molecule has 2 aliphatic carbocycles. The summed E-state index contributed by atoms with van der Waals surface area (Å²) in [5.74, 6) is 1.56. The number of carbonyl (C=O) groups excluding carboxylic acids is 1. The molecule has 3 atom stereocenters. The summed E-state index contributed by atoms with van der Waals surface area (Å²) in [4.78, 5) is 12.4. The second-order valence-corrected chi connectivity index (χ2v) is 6.23. The Labute approximate surface area is 111 Å². The van der Waals surface area contributed by atoms with Crippen LogP contribution in [0.15, 0.2) is 0 Å². The van der Waals surface area contributed by atoms with Gasteiger partial charge in [0.15, 0.2) is 0 Å². The molecule has 0 aromatic carbocycles. The Morgan fingerprint density at radius 1 is 1.17 bits per heavy atom. The molecule has 0 bridgehead atoms. The molecule has 0 radical (unpaired) electrons. The highest BCUT2D eigenvalue weighted by Gasteiger charge is 2.32. The Morgan fingerprint density at radius 3 is 2.44 bits per heavy atom. The third-order valence-corrected chi connectivity index (χ3v) is 5.03. The van der Waals surface area contributed by atoms with Crippen molar-refractivity contribution in [1.82, 2.24) is 5.32 Å². The fourth-order valence-electron chi connectivity index (χ4n) is 3.74. The third kappa shape index (κ3) is 3.25. The predicted octanol–water partition coefficient (Wildman–Crippen LogP) is 2.45. The van der Waals surface area contributed by atoms with E-state index >= 15 is 0 Å². The fourth-order valence-corrected chi connectivity index (χ4v) is 3.74. The molecule has 0 aromatic heterocycles. The van der Waals surface area contributed by atoms with Crippen molar-refractivity contribution in [3.05, 3.63) is 0 Å². The number of hydrogen-bond acceptors (Lipinski definition) is 2. The minimum Gasteiger partial charge on any atom is -0.353 e. The largest absolute Gasteiger partial charge is 0.353 e. The van der Waals surface area contributed by atoms with E-state index in [0.29, 0.717) is 24.4 Å². The topological polar surface area (TPSA) is 55.1 Å². The van der Waals surface area contributed by atoms with Crippen molar-refractivity contribution in [1.29, 1.82) is 0 Å². The lowest BCUT2D eigenvalue weighted by Gasteiger charge is -2.31. The van der Waals surface area contributed by atoms with E-state index in [4.69, 9.17) is 5.73 Å². The quantitative estimate of drug-likeness (QED) is 0.807. The van der Waals surface area contributed by atoms with E-state index < -0.39 is 0 Å². The molecule has 104 valence electrons. The van der Waals surface area contributed by atoms with Gasteiger partial charge in [-0.05, 0) is 51.0 Å². The molecule has 2 unspecified atom stereocenters. The molecule has 18 heavy (non-hydrogen) atoms. The Morgan fingerprint density at radius 2 is 1.78 bits per heavy atom. The first-order valence-electron chi connectivity index (χ1n) is 7.72. The van der Waals surface area contributed by atoms with Crippen LogP contribution in [0.3, 0.4) is 0 Å². The number of amides is 1. The second kappa shape index (κ2) is 6.55. The minimum atomic E-state index is 0.174. The maximum absolute atomic E-state index is 12.4. The molecule has 0 spiro atoms. The predicted molar refractivity (Wildman–Crippen MR) is 74.1 cm³/mol. The van der Waals surface area contributed by atoms with Gasteiger partial charge in [0.25, 0.3) is 0 Å². The molecule has 0 aromatic rings. The van der Waals surface area contributed by atoms with Crippen molar-refractivity contribution in [2.45, 2.75) is 64.3 Å². The monoisotopic (exact) mass is 252 g/mol. The molecule has 1 amide bonds. The van der Waals surface area contributed by atoms with E-state index in [-0.39, 0.29) is 11.8 Å². The van der Waals surface area contributed by atoms with Gasteiger partial charge in [-0.2, -0.15) is 0 Å². The van der Waals surface area contributed by atoms with Crippen LogP contribution in [0, 0.1) is 17.8 Å². The van der Waals surface area contributed by atoms with Crippen molar-refractivity contribution in [2.75, 3.05) is 6.54 Å². The minimum absolute atomic E-state index is 0.174. The highest BCUT2D eigenvalue weighted by Crippen LogP contribution is 2.31. The van der Waals surface area contributed by atoms with Crippen LogP contribution >= 0.6 is 0 Å². The van der Waals surface area contributed by atoms with Gasteiger partial charge < -0.3 is 11.1 Å². The Kier molecular flexibility index (Phi) is 5.04. The summed E-state index contributed by atoms with van der Waals surface area (Å²) in [7, 11) is 0. The van der Waals surface area contributed by atoms with E-state index in [1.54, 1.807) is 0 Å². The highest BCUT2D eigenvalue weighted by atomic mass is 16.2. The SMILES string of the molecule is C[C@@H](NC(=O)C1CCCCC1CN)C1CCCC1. The molecule has 3 N–H and O–H groups in total. The Bertz CT molecular complexity index is 274. The molecule has 3 heteroatoms. The first-order chi connectivity index (χ1) is 8.72. The summed E-state index contributed by atoms with van der Waals surface area (Å²) in [6.07, 6.45) is 9.83. The summed E-state index contributed by atoms with van der Waals surface area (Å²) in [5, 5.41) is 3.26. The van der Waals surface area contributed by atoms with Crippen molar-refractivity contribution in [3.8, 4) is 0 Å². The van der Waals surface area contributed by atoms with Gasteiger partial charge in [-0.1, -0.05) is 25.7 Å². The van der Waals surface area contributed by atoms with E-state index in [1.807, 2.05) is 0 Å². The lowest BCUT2D eigenvalue weighted by atomic mass is 9.78. The molecular formula is C15H28N2O. The van der Waals surface area contributed by atoms with Crippen LogP contribution in [-0.2, 0) is 4.79 Å². The maximum Gasteiger partial charge on any atom is 0.223 e. The number of carbonyl (C=O) groups is 1. The first-order valence-corrected chi connectivity index (χ1v) is 7.72. The van der Waals surface area contributed by atoms with Crippen LogP contribution in [0.5, 0.6) is 0 Å². The van der Waals surface area contributed by atoms with Gasteiger partial charge in [0.05, 0.1) is 0 Å². The molecule has 3 nitrogen and oxygen atoms in total. The molecule has 0 aliphatic heterocycles. The molecule has 2 saturated carbocycles. The summed E-state index contributed by atoms with van der Waals surface area (Å²) >= 11 is 0. The van der Waals surface area contributed by atoms with Crippen molar-refractivity contribution in [3.63, 3.8) is 0 Å².